The van der Waals surface area contributed by atoms with E-state index in [0.717, 1.165) is 5.92 Å². The summed E-state index contributed by atoms with van der Waals surface area (Å²) >= 11 is 2.00. The lowest BCUT2D eigenvalue weighted by atomic mass is 9.88. The maximum absolute atomic E-state index is 2.47. The maximum Gasteiger partial charge on any atom is 0.00491 e. The van der Waals surface area contributed by atoms with Gasteiger partial charge in [-0.3, -0.25) is 0 Å². The molecule has 0 saturated carbocycles. The highest BCUT2D eigenvalue weighted by Crippen LogP contribution is 2.28. The van der Waals surface area contributed by atoms with E-state index in [-0.39, 0.29) is 0 Å². The van der Waals surface area contributed by atoms with Crippen LogP contribution in [0, 0.1) is 19.8 Å². The van der Waals surface area contributed by atoms with Gasteiger partial charge in [0, 0.05) is 9.75 Å². The summed E-state index contributed by atoms with van der Waals surface area (Å²) < 4.78 is 0. The fourth-order valence-corrected chi connectivity index (χ4v) is 5.99. The second kappa shape index (κ2) is 20.3. The van der Waals surface area contributed by atoms with Crippen LogP contribution in [0.1, 0.15) is 158 Å². The normalized spacial score (nSPS) is 12.5. The van der Waals surface area contributed by atoms with Crippen molar-refractivity contribution >= 4 is 11.3 Å². The SMILES string of the molecule is CCCCCCCCCCCCC(CCCCCCCCCC)Cc1cc(C)sc1C. The first-order valence-electron chi connectivity index (χ1n) is 14.2. The smallest absolute Gasteiger partial charge is 0.00491 e. The molecule has 0 saturated heterocycles. The summed E-state index contributed by atoms with van der Waals surface area (Å²) in [6.07, 6.45) is 30.3. The molecule has 1 aromatic rings. The van der Waals surface area contributed by atoms with Crippen LogP contribution in [-0.2, 0) is 6.42 Å². The van der Waals surface area contributed by atoms with E-state index in [0.29, 0.717) is 0 Å². The van der Waals surface area contributed by atoms with Crippen molar-refractivity contribution in [1.82, 2.24) is 0 Å². The first-order valence-corrected chi connectivity index (χ1v) is 15.0. The fraction of sp³-hybridized carbons (Fsp3) is 0.867. The van der Waals surface area contributed by atoms with Crippen LogP contribution in [0.4, 0.5) is 0 Å². The zero-order valence-electron chi connectivity index (χ0n) is 21.9. The molecule has 0 aliphatic carbocycles. The summed E-state index contributed by atoms with van der Waals surface area (Å²) in [7, 11) is 0. The maximum atomic E-state index is 2.47. The van der Waals surface area contributed by atoms with Gasteiger partial charge in [0.15, 0.2) is 0 Å². The average Bonchev–Trinajstić information content (AvgIpc) is 3.07. The van der Waals surface area contributed by atoms with Crippen molar-refractivity contribution in [3.05, 3.63) is 21.4 Å². The zero-order chi connectivity index (χ0) is 22.6. The Bertz CT molecular complexity index is 501. The van der Waals surface area contributed by atoms with Crippen LogP contribution in [0.15, 0.2) is 6.07 Å². The average molecular weight is 449 g/mol. The molecule has 0 N–H and O–H groups in total. The molecule has 0 bridgehead atoms. The van der Waals surface area contributed by atoms with Crippen molar-refractivity contribution in [2.45, 2.75) is 163 Å². The molecule has 0 aliphatic rings. The Morgan fingerprint density at radius 1 is 0.581 bits per heavy atom. The molecule has 182 valence electrons. The van der Waals surface area contributed by atoms with Crippen LogP contribution >= 0.6 is 11.3 Å². The molecule has 0 aliphatic heterocycles. The molecule has 1 atom stereocenters. The van der Waals surface area contributed by atoms with Crippen molar-refractivity contribution in [2.75, 3.05) is 0 Å². The Kier molecular flexibility index (Phi) is 18.8. The molecular formula is C30H56S. The van der Waals surface area contributed by atoms with Crippen LogP contribution in [-0.4, -0.2) is 0 Å². The predicted octanol–water partition coefficient (Wildman–Crippen LogP) is 11.4. The number of hydrogen-bond donors (Lipinski definition) is 0. The number of hydrogen-bond acceptors (Lipinski definition) is 1. The lowest BCUT2D eigenvalue weighted by Crippen LogP contribution is -2.05. The summed E-state index contributed by atoms with van der Waals surface area (Å²) in [5.41, 5.74) is 1.65. The number of thiophene rings is 1. The van der Waals surface area contributed by atoms with Crippen LogP contribution in [0.2, 0.25) is 0 Å². The number of aryl methyl sites for hydroxylation is 2. The molecule has 31 heavy (non-hydrogen) atoms. The van der Waals surface area contributed by atoms with Crippen LogP contribution < -0.4 is 0 Å². The second-order valence-corrected chi connectivity index (χ2v) is 11.7. The van der Waals surface area contributed by atoms with Gasteiger partial charge in [0.2, 0.25) is 0 Å². The van der Waals surface area contributed by atoms with Gasteiger partial charge in [-0.1, -0.05) is 142 Å². The van der Waals surface area contributed by atoms with E-state index < -0.39 is 0 Å². The highest BCUT2D eigenvalue weighted by molar-refractivity contribution is 7.12. The second-order valence-electron chi connectivity index (χ2n) is 10.2. The van der Waals surface area contributed by atoms with Gasteiger partial charge in [-0.25, -0.2) is 0 Å². The Labute approximate surface area is 201 Å². The Morgan fingerprint density at radius 2 is 0.968 bits per heavy atom. The van der Waals surface area contributed by atoms with E-state index in [1.54, 1.807) is 10.4 Å². The number of rotatable bonds is 22. The molecule has 1 heteroatoms. The minimum absolute atomic E-state index is 0.918. The van der Waals surface area contributed by atoms with Crippen molar-refractivity contribution in [3.63, 3.8) is 0 Å². The third-order valence-corrected chi connectivity index (χ3v) is 8.09. The fourth-order valence-electron chi connectivity index (χ4n) is 5.03. The zero-order valence-corrected chi connectivity index (χ0v) is 22.7. The summed E-state index contributed by atoms with van der Waals surface area (Å²) in [6.45, 7) is 9.23. The monoisotopic (exact) mass is 448 g/mol. The van der Waals surface area contributed by atoms with Gasteiger partial charge >= 0.3 is 0 Å². The molecule has 1 aromatic heterocycles. The third kappa shape index (κ3) is 16.0. The van der Waals surface area contributed by atoms with Gasteiger partial charge in [0.25, 0.3) is 0 Å². The van der Waals surface area contributed by atoms with Gasteiger partial charge in [-0.2, -0.15) is 0 Å². The molecule has 0 aromatic carbocycles. The van der Waals surface area contributed by atoms with E-state index in [9.17, 15) is 0 Å². The first-order chi connectivity index (χ1) is 15.2. The van der Waals surface area contributed by atoms with Gasteiger partial charge in [0.05, 0.1) is 0 Å². The summed E-state index contributed by atoms with van der Waals surface area (Å²) in [4.78, 5) is 3.07. The molecule has 1 rings (SSSR count). The van der Waals surface area contributed by atoms with E-state index in [1.165, 1.54) is 140 Å². The molecule has 0 radical (unpaired) electrons. The Hall–Kier alpha value is -0.300. The van der Waals surface area contributed by atoms with Crippen molar-refractivity contribution in [3.8, 4) is 0 Å². The van der Waals surface area contributed by atoms with E-state index in [2.05, 4.69) is 33.8 Å². The quantitative estimate of drug-likeness (QED) is 0.155. The minimum Gasteiger partial charge on any atom is -0.146 e. The topological polar surface area (TPSA) is 0 Å². The summed E-state index contributed by atoms with van der Waals surface area (Å²) in [6, 6.07) is 2.47. The summed E-state index contributed by atoms with van der Waals surface area (Å²) in [5.74, 6) is 0.918. The minimum atomic E-state index is 0.918. The third-order valence-electron chi connectivity index (χ3n) is 7.08. The van der Waals surface area contributed by atoms with E-state index in [1.807, 2.05) is 11.3 Å². The van der Waals surface area contributed by atoms with Crippen molar-refractivity contribution < 1.29 is 0 Å². The molecule has 0 fully saturated rings. The highest BCUT2D eigenvalue weighted by atomic mass is 32.1. The Balaban J connectivity index is 2.21. The van der Waals surface area contributed by atoms with Gasteiger partial charge < -0.3 is 0 Å². The first kappa shape index (κ1) is 28.7. The highest BCUT2D eigenvalue weighted by Gasteiger charge is 2.13. The van der Waals surface area contributed by atoms with Gasteiger partial charge in [0.1, 0.15) is 0 Å². The molecule has 1 heterocycles. The molecule has 0 nitrogen and oxygen atoms in total. The Morgan fingerprint density at radius 3 is 1.32 bits per heavy atom. The van der Waals surface area contributed by atoms with E-state index >= 15 is 0 Å². The van der Waals surface area contributed by atoms with E-state index in [4.69, 9.17) is 0 Å². The largest absolute Gasteiger partial charge is 0.146 e. The molecule has 1 unspecified atom stereocenters. The number of unbranched alkanes of at least 4 members (excludes halogenated alkanes) is 16. The van der Waals surface area contributed by atoms with Gasteiger partial charge in [-0.05, 0) is 37.8 Å². The van der Waals surface area contributed by atoms with Crippen LogP contribution in [0.5, 0.6) is 0 Å². The van der Waals surface area contributed by atoms with Gasteiger partial charge in [-0.15, -0.1) is 11.3 Å². The molecule has 0 amide bonds. The summed E-state index contributed by atoms with van der Waals surface area (Å²) in [5, 5.41) is 0. The predicted molar refractivity (Wildman–Crippen MR) is 145 cm³/mol. The van der Waals surface area contributed by atoms with Crippen LogP contribution in [0.3, 0.4) is 0 Å². The van der Waals surface area contributed by atoms with Crippen molar-refractivity contribution in [2.24, 2.45) is 5.92 Å². The van der Waals surface area contributed by atoms with Crippen molar-refractivity contribution in [1.29, 1.82) is 0 Å². The molecule has 0 spiro atoms. The van der Waals surface area contributed by atoms with Crippen LogP contribution in [0.25, 0.3) is 0 Å². The standard InChI is InChI=1S/C30H56S/c1-5-7-9-11-13-15-16-18-20-22-24-29(26-30-25-27(3)31-28(30)4)23-21-19-17-14-12-10-8-6-2/h25,29H,5-24,26H2,1-4H3. The molecular weight excluding hydrogens is 392 g/mol. The lowest BCUT2D eigenvalue weighted by Gasteiger charge is -2.17. The lowest BCUT2D eigenvalue weighted by molar-refractivity contribution is 0.399.